The van der Waals surface area contributed by atoms with Gasteiger partial charge in [-0.2, -0.15) is 0 Å². The van der Waals surface area contributed by atoms with Crippen LogP contribution in [0.5, 0.6) is 0 Å². The van der Waals surface area contributed by atoms with Crippen molar-refractivity contribution in [3.63, 3.8) is 0 Å². The van der Waals surface area contributed by atoms with Crippen molar-refractivity contribution in [1.82, 2.24) is 15.2 Å². The third-order valence-corrected chi connectivity index (χ3v) is 6.05. The van der Waals surface area contributed by atoms with Gasteiger partial charge >= 0.3 is 0 Å². The Morgan fingerprint density at radius 3 is 2.70 bits per heavy atom. The molecule has 0 saturated carbocycles. The first-order valence-corrected chi connectivity index (χ1v) is 11.6. The lowest BCUT2D eigenvalue weighted by atomic mass is 10.1. The Morgan fingerprint density at radius 2 is 2.00 bits per heavy atom. The van der Waals surface area contributed by atoms with Crippen LogP contribution in [0.3, 0.4) is 0 Å². The first kappa shape index (κ1) is 25.9. The van der Waals surface area contributed by atoms with E-state index in [-0.39, 0.29) is 35.9 Å². The first-order valence-electron chi connectivity index (χ1n) is 11.6. The molecule has 9 heteroatoms. The van der Waals surface area contributed by atoms with Gasteiger partial charge in [-0.25, -0.2) is 9.37 Å². The zero-order valence-corrected chi connectivity index (χ0v) is 21.5. The van der Waals surface area contributed by atoms with E-state index in [0.717, 1.165) is 62.8 Å². The number of likely N-dealkylation sites (tertiary alicyclic amines) is 1. The molecule has 3 heterocycles. The van der Waals surface area contributed by atoms with Crippen molar-refractivity contribution in [3.8, 4) is 11.5 Å². The minimum atomic E-state index is -0.273. The van der Waals surface area contributed by atoms with Gasteiger partial charge in [-0.3, -0.25) is 4.99 Å². The van der Waals surface area contributed by atoms with Crippen molar-refractivity contribution < 1.29 is 18.3 Å². The van der Waals surface area contributed by atoms with Crippen molar-refractivity contribution in [2.75, 3.05) is 39.9 Å². The number of nitrogens with zero attached hydrogens (tertiary/aromatic N) is 3. The molecule has 7 nitrogen and oxygen atoms in total. The molecule has 4 rings (SSSR count). The van der Waals surface area contributed by atoms with E-state index in [0.29, 0.717) is 25.0 Å². The van der Waals surface area contributed by atoms with E-state index in [2.05, 4.69) is 20.2 Å². The second-order valence-corrected chi connectivity index (χ2v) is 8.38. The highest BCUT2D eigenvalue weighted by Gasteiger charge is 2.23. The fourth-order valence-electron chi connectivity index (χ4n) is 4.20. The van der Waals surface area contributed by atoms with E-state index < -0.39 is 0 Å². The summed E-state index contributed by atoms with van der Waals surface area (Å²) in [6.45, 7) is 4.15. The summed E-state index contributed by atoms with van der Waals surface area (Å²) in [5.74, 6) is 1.14. The number of benzene rings is 1. The molecular weight excluding hydrogens is 538 g/mol. The largest absolute Gasteiger partial charge is 0.444 e. The molecule has 33 heavy (non-hydrogen) atoms. The number of hydrogen-bond donors (Lipinski definition) is 1. The molecule has 2 saturated heterocycles. The summed E-state index contributed by atoms with van der Waals surface area (Å²) in [7, 11) is 1.81. The smallest absolute Gasteiger partial charge is 0.226 e. The number of aliphatic imine (C=N–C) groups is 1. The number of oxazole rings is 1. The molecule has 2 aliphatic rings. The summed E-state index contributed by atoms with van der Waals surface area (Å²) in [6, 6.07) is 6.15. The Morgan fingerprint density at radius 1 is 1.21 bits per heavy atom. The molecule has 2 fully saturated rings. The molecule has 2 aliphatic heterocycles. The van der Waals surface area contributed by atoms with Crippen LogP contribution in [0.25, 0.3) is 11.5 Å². The molecule has 1 N–H and O–H groups in total. The molecule has 1 aromatic carbocycles. The lowest BCUT2D eigenvalue weighted by Crippen LogP contribution is -2.47. The van der Waals surface area contributed by atoms with Crippen molar-refractivity contribution in [2.45, 2.75) is 50.7 Å². The quantitative estimate of drug-likeness (QED) is 0.304. The second kappa shape index (κ2) is 13.2. The van der Waals surface area contributed by atoms with Crippen LogP contribution in [0, 0.1) is 5.82 Å². The summed E-state index contributed by atoms with van der Waals surface area (Å²) in [6.07, 6.45) is 8.48. The van der Waals surface area contributed by atoms with Gasteiger partial charge in [0, 0.05) is 45.3 Å². The van der Waals surface area contributed by atoms with Crippen LogP contribution in [0.4, 0.5) is 4.39 Å². The van der Waals surface area contributed by atoms with Gasteiger partial charge in [0.1, 0.15) is 12.1 Å². The number of rotatable bonds is 7. The summed E-state index contributed by atoms with van der Waals surface area (Å²) < 4.78 is 30.5. The van der Waals surface area contributed by atoms with Gasteiger partial charge in [0.2, 0.25) is 5.89 Å². The van der Waals surface area contributed by atoms with Crippen molar-refractivity contribution in [1.29, 1.82) is 0 Å². The van der Waals surface area contributed by atoms with Crippen LogP contribution in [-0.2, 0) is 15.9 Å². The van der Waals surface area contributed by atoms with Crippen LogP contribution in [0.1, 0.15) is 37.8 Å². The van der Waals surface area contributed by atoms with Crippen LogP contribution >= 0.6 is 24.0 Å². The van der Waals surface area contributed by atoms with Gasteiger partial charge in [0.15, 0.2) is 5.96 Å². The molecular formula is C24H34FIN4O3. The lowest BCUT2D eigenvalue weighted by Gasteiger charge is -2.35. The van der Waals surface area contributed by atoms with Crippen molar-refractivity contribution >= 4 is 29.9 Å². The highest BCUT2D eigenvalue weighted by molar-refractivity contribution is 14.0. The standard InChI is InChI=1S/C24H33FN4O3.HI/c1-26-24(29-13-10-21(11-14-29)31-17-22-4-2-3-15-30-22)27-12-9-20-16-32-23(28-20)18-5-7-19(25)8-6-18;/h5-8,16,21-22H,2-4,9-15,17H2,1H3,(H,26,27);1H. The molecule has 0 bridgehead atoms. The fraction of sp³-hybridized carbons (Fsp3) is 0.583. The summed E-state index contributed by atoms with van der Waals surface area (Å²) in [5, 5.41) is 3.43. The average molecular weight is 572 g/mol. The predicted molar refractivity (Wildman–Crippen MR) is 137 cm³/mol. The zero-order valence-electron chi connectivity index (χ0n) is 19.2. The highest BCUT2D eigenvalue weighted by Crippen LogP contribution is 2.20. The van der Waals surface area contributed by atoms with Gasteiger partial charge in [0.05, 0.1) is 24.5 Å². The van der Waals surface area contributed by atoms with Gasteiger partial charge < -0.3 is 24.1 Å². The van der Waals surface area contributed by atoms with E-state index in [1.165, 1.54) is 25.0 Å². The fourth-order valence-corrected chi connectivity index (χ4v) is 4.20. The third-order valence-electron chi connectivity index (χ3n) is 6.05. The van der Waals surface area contributed by atoms with E-state index in [1.54, 1.807) is 18.4 Å². The van der Waals surface area contributed by atoms with Crippen molar-refractivity contribution in [2.24, 2.45) is 4.99 Å². The SMILES string of the molecule is CN=C(NCCc1coc(-c2ccc(F)cc2)n1)N1CCC(OCC2CCCCO2)CC1.I. The molecule has 0 aliphatic carbocycles. The van der Waals surface area contributed by atoms with E-state index in [9.17, 15) is 4.39 Å². The minimum absolute atomic E-state index is 0. The van der Waals surface area contributed by atoms with Crippen molar-refractivity contribution in [3.05, 3.63) is 42.0 Å². The number of guanidine groups is 1. The van der Waals surface area contributed by atoms with Gasteiger partial charge in [-0.05, 0) is 56.4 Å². The number of ether oxygens (including phenoxy) is 2. The molecule has 1 atom stereocenters. The Hall–Kier alpha value is -1.72. The topological polar surface area (TPSA) is 72.1 Å². The molecule has 0 spiro atoms. The molecule has 2 aromatic rings. The molecule has 1 aromatic heterocycles. The number of aromatic nitrogens is 1. The average Bonchev–Trinajstić information content (AvgIpc) is 3.31. The van der Waals surface area contributed by atoms with Gasteiger partial charge in [-0.1, -0.05) is 0 Å². The number of piperidine rings is 1. The summed E-state index contributed by atoms with van der Waals surface area (Å²) in [4.78, 5) is 11.2. The summed E-state index contributed by atoms with van der Waals surface area (Å²) in [5.41, 5.74) is 1.62. The second-order valence-electron chi connectivity index (χ2n) is 8.38. The van der Waals surface area contributed by atoms with Crippen LogP contribution in [0.15, 0.2) is 39.9 Å². The Labute approximate surface area is 212 Å². The summed E-state index contributed by atoms with van der Waals surface area (Å²) >= 11 is 0. The number of halogens is 2. The third kappa shape index (κ3) is 7.65. The van der Waals surface area contributed by atoms with Crippen LogP contribution in [0.2, 0.25) is 0 Å². The highest BCUT2D eigenvalue weighted by atomic mass is 127. The normalized spacial score (nSPS) is 19.9. The molecule has 0 radical (unpaired) electrons. The van der Waals surface area contributed by atoms with E-state index in [1.807, 2.05) is 7.05 Å². The minimum Gasteiger partial charge on any atom is -0.444 e. The predicted octanol–water partition coefficient (Wildman–Crippen LogP) is 4.27. The number of hydrogen-bond acceptors (Lipinski definition) is 5. The molecule has 0 amide bonds. The molecule has 1 unspecified atom stereocenters. The van der Waals surface area contributed by atoms with Crippen LogP contribution < -0.4 is 5.32 Å². The molecule has 182 valence electrons. The number of nitrogens with one attached hydrogen (secondary N) is 1. The Kier molecular flexibility index (Phi) is 10.4. The first-order chi connectivity index (χ1) is 15.7. The Bertz CT molecular complexity index is 863. The zero-order chi connectivity index (χ0) is 22.2. The van der Waals surface area contributed by atoms with Gasteiger partial charge in [-0.15, -0.1) is 24.0 Å². The van der Waals surface area contributed by atoms with E-state index in [4.69, 9.17) is 13.9 Å². The lowest BCUT2D eigenvalue weighted by molar-refractivity contribution is -0.0721. The monoisotopic (exact) mass is 572 g/mol. The van der Waals surface area contributed by atoms with Gasteiger partial charge in [0.25, 0.3) is 0 Å². The maximum atomic E-state index is 13.1. The van der Waals surface area contributed by atoms with E-state index >= 15 is 0 Å². The maximum Gasteiger partial charge on any atom is 0.226 e. The maximum absolute atomic E-state index is 13.1. The van der Waals surface area contributed by atoms with Crippen LogP contribution in [-0.4, -0.2) is 67.9 Å². The Balaban J connectivity index is 0.00000306.